The van der Waals surface area contributed by atoms with E-state index < -0.39 is 5.91 Å². The number of carbonyl (C=O) groups excluding carboxylic acids is 1. The SMILES string of the molecule is Cc1cc2c(C(N)=O)cccc2n1-c1nc(NCc2cccc(F)c2)c2c(n1)OCCC2. The summed E-state index contributed by atoms with van der Waals surface area (Å²) in [6.45, 7) is 2.93. The molecule has 0 saturated heterocycles. The van der Waals surface area contributed by atoms with E-state index >= 15 is 0 Å². The van der Waals surface area contributed by atoms with Crippen molar-refractivity contribution in [1.29, 1.82) is 0 Å². The molecule has 0 radical (unpaired) electrons. The van der Waals surface area contributed by atoms with Crippen LogP contribution in [0.3, 0.4) is 0 Å². The predicted molar refractivity (Wildman–Crippen MR) is 120 cm³/mol. The third-order valence-electron chi connectivity index (χ3n) is 5.61. The average molecular weight is 431 g/mol. The Kier molecular flexibility index (Phi) is 4.97. The van der Waals surface area contributed by atoms with Gasteiger partial charge >= 0.3 is 0 Å². The molecule has 0 saturated carbocycles. The molecular formula is C24H22FN5O2. The van der Waals surface area contributed by atoms with Crippen LogP contribution in [0, 0.1) is 12.7 Å². The number of primary amides is 1. The van der Waals surface area contributed by atoms with Gasteiger partial charge in [-0.25, -0.2) is 4.39 Å². The van der Waals surface area contributed by atoms with Crippen LogP contribution in [0.4, 0.5) is 10.2 Å². The highest BCUT2D eigenvalue weighted by Gasteiger charge is 2.22. The lowest BCUT2D eigenvalue weighted by atomic mass is 10.1. The number of benzene rings is 2. The van der Waals surface area contributed by atoms with Crippen LogP contribution < -0.4 is 15.8 Å². The number of nitrogens with one attached hydrogen (secondary N) is 1. The van der Waals surface area contributed by atoms with Crippen molar-refractivity contribution >= 4 is 22.6 Å². The molecule has 8 heteroatoms. The van der Waals surface area contributed by atoms with Gasteiger partial charge in [-0.05, 0) is 55.7 Å². The van der Waals surface area contributed by atoms with E-state index in [1.165, 1.54) is 12.1 Å². The number of halogens is 1. The number of fused-ring (bicyclic) bond motifs is 2. The number of hydrogen-bond donors (Lipinski definition) is 2. The maximum Gasteiger partial charge on any atom is 0.249 e. The number of rotatable bonds is 5. The molecule has 4 aromatic rings. The van der Waals surface area contributed by atoms with Crippen LogP contribution in [-0.2, 0) is 13.0 Å². The molecule has 0 bridgehead atoms. The molecule has 1 amide bonds. The van der Waals surface area contributed by atoms with Gasteiger partial charge in [0.25, 0.3) is 0 Å². The fraction of sp³-hybridized carbons (Fsp3) is 0.208. The minimum absolute atomic E-state index is 0.280. The highest BCUT2D eigenvalue weighted by molar-refractivity contribution is 6.06. The van der Waals surface area contributed by atoms with Crippen molar-refractivity contribution in [3.8, 4) is 11.8 Å². The Morgan fingerprint density at radius 3 is 2.88 bits per heavy atom. The monoisotopic (exact) mass is 431 g/mol. The molecule has 3 N–H and O–H groups in total. The number of anilines is 1. The summed E-state index contributed by atoms with van der Waals surface area (Å²) < 4.78 is 21.3. The summed E-state index contributed by atoms with van der Waals surface area (Å²) in [4.78, 5) is 21.4. The normalized spacial score (nSPS) is 12.9. The van der Waals surface area contributed by atoms with E-state index in [-0.39, 0.29) is 5.82 Å². The van der Waals surface area contributed by atoms with E-state index in [9.17, 15) is 9.18 Å². The van der Waals surface area contributed by atoms with E-state index in [2.05, 4.69) is 10.3 Å². The molecule has 7 nitrogen and oxygen atoms in total. The van der Waals surface area contributed by atoms with Crippen molar-refractivity contribution in [2.24, 2.45) is 5.73 Å². The summed E-state index contributed by atoms with van der Waals surface area (Å²) in [6, 6.07) is 13.7. The number of nitrogens with two attached hydrogens (primary N) is 1. The molecule has 0 atom stereocenters. The summed E-state index contributed by atoms with van der Waals surface area (Å²) >= 11 is 0. The first-order chi connectivity index (χ1) is 15.5. The molecule has 162 valence electrons. The molecule has 5 rings (SSSR count). The number of carbonyl (C=O) groups is 1. The smallest absolute Gasteiger partial charge is 0.249 e. The van der Waals surface area contributed by atoms with Crippen molar-refractivity contribution in [1.82, 2.24) is 14.5 Å². The molecule has 2 aromatic heterocycles. The van der Waals surface area contributed by atoms with Gasteiger partial charge in [0.05, 0.1) is 17.7 Å². The molecule has 32 heavy (non-hydrogen) atoms. The third kappa shape index (κ3) is 3.53. The molecule has 1 aliphatic heterocycles. The Morgan fingerprint density at radius 2 is 2.06 bits per heavy atom. The standard InChI is InChI=1S/C24H22FN5O2/c1-14-11-19-17(21(26)31)7-3-9-20(19)30(14)24-28-22(18-8-4-10-32-23(18)29-24)27-13-15-5-2-6-16(25)12-15/h2-3,5-7,9,11-12H,4,8,10,13H2,1H3,(H2,26,31)(H,27,28,29). The van der Waals surface area contributed by atoms with Gasteiger partial charge in [-0.2, -0.15) is 9.97 Å². The summed E-state index contributed by atoms with van der Waals surface area (Å²) in [6.07, 6.45) is 1.66. The molecule has 0 spiro atoms. The van der Waals surface area contributed by atoms with Gasteiger partial charge < -0.3 is 15.8 Å². The van der Waals surface area contributed by atoms with Gasteiger partial charge in [-0.15, -0.1) is 0 Å². The zero-order chi connectivity index (χ0) is 22.2. The lowest BCUT2D eigenvalue weighted by Gasteiger charge is -2.21. The summed E-state index contributed by atoms with van der Waals surface area (Å²) in [7, 11) is 0. The maximum atomic E-state index is 13.6. The first-order valence-electron chi connectivity index (χ1n) is 10.4. The summed E-state index contributed by atoms with van der Waals surface area (Å²) in [5.41, 5.74) is 9.37. The fourth-order valence-electron chi connectivity index (χ4n) is 4.14. The minimum Gasteiger partial charge on any atom is -0.477 e. The van der Waals surface area contributed by atoms with Gasteiger partial charge in [0.2, 0.25) is 17.7 Å². The largest absolute Gasteiger partial charge is 0.477 e. The van der Waals surface area contributed by atoms with Crippen molar-refractivity contribution in [3.05, 3.63) is 76.7 Å². The number of aryl methyl sites for hydroxylation is 1. The van der Waals surface area contributed by atoms with E-state index in [0.717, 1.165) is 40.6 Å². The van der Waals surface area contributed by atoms with Crippen LogP contribution in [0.2, 0.25) is 0 Å². The molecular weight excluding hydrogens is 409 g/mol. The third-order valence-corrected chi connectivity index (χ3v) is 5.61. The van der Waals surface area contributed by atoms with Gasteiger partial charge in [-0.3, -0.25) is 9.36 Å². The minimum atomic E-state index is -0.486. The second-order valence-electron chi connectivity index (χ2n) is 7.82. The topological polar surface area (TPSA) is 95.1 Å². The number of ether oxygens (including phenoxy) is 1. The lowest BCUT2D eigenvalue weighted by Crippen LogP contribution is -2.17. The van der Waals surface area contributed by atoms with Gasteiger partial charge in [0.1, 0.15) is 11.6 Å². The lowest BCUT2D eigenvalue weighted by molar-refractivity contribution is 0.100. The van der Waals surface area contributed by atoms with Crippen LogP contribution >= 0.6 is 0 Å². The zero-order valence-electron chi connectivity index (χ0n) is 17.6. The van der Waals surface area contributed by atoms with Crippen molar-refractivity contribution < 1.29 is 13.9 Å². The summed E-state index contributed by atoms with van der Waals surface area (Å²) in [5, 5.41) is 4.08. The molecule has 1 aliphatic rings. The highest BCUT2D eigenvalue weighted by atomic mass is 19.1. The van der Waals surface area contributed by atoms with Crippen LogP contribution in [0.1, 0.15) is 33.6 Å². The van der Waals surface area contributed by atoms with E-state index in [4.69, 9.17) is 15.5 Å². The maximum absolute atomic E-state index is 13.6. The summed E-state index contributed by atoms with van der Waals surface area (Å²) in [5.74, 6) is 0.857. The van der Waals surface area contributed by atoms with Gasteiger partial charge in [0.15, 0.2) is 0 Å². The molecule has 3 heterocycles. The average Bonchev–Trinajstić information content (AvgIpc) is 3.13. The van der Waals surface area contributed by atoms with Crippen molar-refractivity contribution in [3.63, 3.8) is 0 Å². The van der Waals surface area contributed by atoms with Gasteiger partial charge in [0, 0.05) is 23.2 Å². The van der Waals surface area contributed by atoms with Crippen molar-refractivity contribution in [2.45, 2.75) is 26.3 Å². The number of hydrogen-bond acceptors (Lipinski definition) is 5. The molecule has 0 aliphatic carbocycles. The van der Waals surface area contributed by atoms with Gasteiger partial charge in [-0.1, -0.05) is 18.2 Å². The first-order valence-corrected chi connectivity index (χ1v) is 10.4. The Bertz CT molecular complexity index is 1350. The molecule has 0 unspecified atom stereocenters. The van der Waals surface area contributed by atoms with Crippen LogP contribution in [0.5, 0.6) is 5.88 Å². The second-order valence-corrected chi connectivity index (χ2v) is 7.82. The molecule has 2 aromatic carbocycles. The Labute approximate surface area is 184 Å². The van der Waals surface area contributed by atoms with Crippen LogP contribution in [-0.4, -0.2) is 27.0 Å². The van der Waals surface area contributed by atoms with E-state index in [0.29, 0.717) is 36.4 Å². The Balaban J connectivity index is 1.61. The van der Waals surface area contributed by atoms with E-state index in [1.54, 1.807) is 18.2 Å². The second kappa shape index (κ2) is 7.96. The fourth-order valence-corrected chi connectivity index (χ4v) is 4.14. The van der Waals surface area contributed by atoms with Crippen molar-refractivity contribution in [2.75, 3.05) is 11.9 Å². The highest BCUT2D eigenvalue weighted by Crippen LogP contribution is 2.32. The Hall–Kier alpha value is -3.94. The van der Waals surface area contributed by atoms with Crippen LogP contribution in [0.25, 0.3) is 16.9 Å². The Morgan fingerprint density at radius 1 is 1.22 bits per heavy atom. The molecule has 0 fully saturated rings. The quantitative estimate of drug-likeness (QED) is 0.500. The van der Waals surface area contributed by atoms with E-state index in [1.807, 2.05) is 29.7 Å². The van der Waals surface area contributed by atoms with Crippen LogP contribution in [0.15, 0.2) is 48.5 Å². The number of aromatic nitrogens is 3. The first kappa shape index (κ1) is 20.0. The number of amides is 1. The predicted octanol–water partition coefficient (Wildman–Crippen LogP) is 3.90. The zero-order valence-corrected chi connectivity index (χ0v) is 17.6. The number of nitrogens with zero attached hydrogens (tertiary/aromatic N) is 3.